The number of aliphatic hydroxyl groups is 1. The van der Waals surface area contributed by atoms with E-state index >= 15 is 0 Å². The number of nitrogens with one attached hydrogen (secondary N) is 1. The highest BCUT2D eigenvalue weighted by Gasteiger charge is 2.34. The smallest absolute Gasteiger partial charge is 0.342 e. The molecule has 0 radical (unpaired) electrons. The highest BCUT2D eigenvalue weighted by Crippen LogP contribution is 2.32. The monoisotopic (exact) mass is 441 g/mol. The van der Waals surface area contributed by atoms with Gasteiger partial charge in [0.15, 0.2) is 0 Å². The molecular weight excluding hydrogens is 410 g/mol. The second-order valence-electron chi connectivity index (χ2n) is 8.13. The summed E-state index contributed by atoms with van der Waals surface area (Å²) in [5, 5.41) is 23.2. The third-order valence-electron chi connectivity index (χ3n) is 5.51. The van der Waals surface area contributed by atoms with Gasteiger partial charge in [-0.2, -0.15) is 0 Å². The average Bonchev–Trinajstić information content (AvgIpc) is 2.73. The van der Waals surface area contributed by atoms with E-state index in [-0.39, 0.29) is 29.4 Å². The van der Waals surface area contributed by atoms with Crippen molar-refractivity contribution in [3.63, 3.8) is 0 Å². The van der Waals surface area contributed by atoms with Crippen LogP contribution in [0.4, 0.5) is 0 Å². The molecule has 172 valence electrons. The fourth-order valence-corrected chi connectivity index (χ4v) is 4.07. The van der Waals surface area contributed by atoms with Crippen LogP contribution in [0.2, 0.25) is 0 Å². The van der Waals surface area contributed by atoms with Crippen LogP contribution in [-0.4, -0.2) is 46.5 Å². The maximum Gasteiger partial charge on any atom is 0.342 e. The lowest BCUT2D eigenvalue weighted by Gasteiger charge is -2.36. The van der Waals surface area contributed by atoms with Crippen molar-refractivity contribution in [1.29, 1.82) is 0 Å². The van der Waals surface area contributed by atoms with Crippen molar-refractivity contribution in [3.05, 3.63) is 65.9 Å². The van der Waals surface area contributed by atoms with E-state index in [1.54, 1.807) is 24.3 Å². The Morgan fingerprint density at radius 2 is 2.00 bits per heavy atom. The third-order valence-corrected chi connectivity index (χ3v) is 5.51. The SMILES string of the molecule is CC/C=C/C=C\C(=O)N/C=C/C[C@H]1C[C@H]2C[C@H](O)C[C@H](Cc3cccc(O)c3C(=O)O1)O2. The van der Waals surface area contributed by atoms with Crippen molar-refractivity contribution < 1.29 is 29.3 Å². The minimum atomic E-state index is -0.577. The molecule has 3 rings (SSSR count). The van der Waals surface area contributed by atoms with Gasteiger partial charge in [0.1, 0.15) is 17.4 Å². The van der Waals surface area contributed by atoms with E-state index < -0.39 is 18.2 Å². The van der Waals surface area contributed by atoms with Gasteiger partial charge in [-0.3, -0.25) is 4.79 Å². The summed E-state index contributed by atoms with van der Waals surface area (Å²) >= 11 is 0. The Balaban J connectivity index is 1.70. The number of rotatable bonds is 6. The average molecular weight is 442 g/mol. The third kappa shape index (κ3) is 6.80. The largest absolute Gasteiger partial charge is 0.507 e. The quantitative estimate of drug-likeness (QED) is 0.355. The minimum Gasteiger partial charge on any atom is -0.507 e. The Morgan fingerprint density at radius 1 is 1.19 bits per heavy atom. The van der Waals surface area contributed by atoms with Gasteiger partial charge >= 0.3 is 5.97 Å². The summed E-state index contributed by atoms with van der Waals surface area (Å²) in [5.41, 5.74) is 0.780. The Morgan fingerprint density at radius 3 is 2.81 bits per heavy atom. The second kappa shape index (κ2) is 11.6. The number of hydrogen-bond donors (Lipinski definition) is 3. The minimum absolute atomic E-state index is 0.133. The van der Waals surface area contributed by atoms with Gasteiger partial charge < -0.3 is 25.0 Å². The normalized spacial score (nSPS) is 26.2. The van der Waals surface area contributed by atoms with Gasteiger partial charge in [-0.25, -0.2) is 4.79 Å². The summed E-state index contributed by atoms with van der Waals surface area (Å²) in [6, 6.07) is 4.91. The van der Waals surface area contributed by atoms with Crippen LogP contribution in [0.15, 0.2) is 54.8 Å². The Kier molecular flexibility index (Phi) is 8.64. The standard InChI is InChI=1S/C25H31NO6/c1-2-3-4-5-11-23(29)26-12-7-9-19-16-21-15-18(27)14-20(31-21)13-17-8-6-10-22(28)24(17)25(30)32-19/h3-8,10-12,18-21,27-28H,2,9,13-16H2,1H3,(H,26,29)/b4-3+,11-5-,12-7+/t18-,19+,20+,21-/m1/s1. The highest BCUT2D eigenvalue weighted by atomic mass is 16.5. The van der Waals surface area contributed by atoms with E-state index in [1.807, 2.05) is 19.1 Å². The van der Waals surface area contributed by atoms with E-state index in [4.69, 9.17) is 9.47 Å². The van der Waals surface area contributed by atoms with Crippen LogP contribution in [0.5, 0.6) is 5.75 Å². The maximum absolute atomic E-state index is 12.9. The van der Waals surface area contributed by atoms with Gasteiger partial charge in [0, 0.05) is 25.1 Å². The summed E-state index contributed by atoms with van der Waals surface area (Å²) in [4.78, 5) is 24.7. The predicted molar refractivity (Wildman–Crippen MR) is 120 cm³/mol. The first-order valence-electron chi connectivity index (χ1n) is 11.1. The number of phenols is 1. The number of carbonyl (C=O) groups excluding carboxylic acids is 2. The molecule has 1 fully saturated rings. The number of phenolic OH excluding ortho intramolecular Hbond substituents is 1. The zero-order valence-corrected chi connectivity index (χ0v) is 18.3. The number of benzene rings is 1. The molecule has 1 saturated heterocycles. The number of esters is 1. The van der Waals surface area contributed by atoms with Crippen LogP contribution in [-0.2, 0) is 20.7 Å². The Bertz CT molecular complexity index is 890. The number of carbonyl (C=O) groups is 2. The topological polar surface area (TPSA) is 105 Å². The van der Waals surface area contributed by atoms with Crippen LogP contribution >= 0.6 is 0 Å². The van der Waals surface area contributed by atoms with Crippen molar-refractivity contribution in [3.8, 4) is 5.75 Å². The van der Waals surface area contributed by atoms with Crippen molar-refractivity contribution in [1.82, 2.24) is 5.32 Å². The molecule has 7 nitrogen and oxygen atoms in total. The molecule has 1 aromatic carbocycles. The molecule has 0 saturated carbocycles. The molecule has 1 aromatic rings. The molecular formula is C25H31NO6. The van der Waals surface area contributed by atoms with Gasteiger partial charge in [-0.15, -0.1) is 0 Å². The van der Waals surface area contributed by atoms with Gasteiger partial charge in [-0.05, 0) is 37.3 Å². The van der Waals surface area contributed by atoms with Crippen LogP contribution in [0.3, 0.4) is 0 Å². The molecule has 2 aliphatic heterocycles. The van der Waals surface area contributed by atoms with E-state index in [2.05, 4.69) is 5.32 Å². The molecule has 1 amide bonds. The van der Waals surface area contributed by atoms with E-state index in [1.165, 1.54) is 18.3 Å². The van der Waals surface area contributed by atoms with E-state index in [0.29, 0.717) is 37.7 Å². The summed E-state index contributed by atoms with van der Waals surface area (Å²) in [6.07, 6.45) is 11.7. The molecule has 7 heteroatoms. The molecule has 32 heavy (non-hydrogen) atoms. The van der Waals surface area contributed by atoms with Crippen LogP contribution in [0.1, 0.15) is 54.9 Å². The summed E-state index contributed by atoms with van der Waals surface area (Å²) in [5.74, 6) is -0.969. The molecule has 2 bridgehead atoms. The number of fused-ring (bicyclic) bond motifs is 3. The first kappa shape index (κ1) is 23.8. The molecule has 2 heterocycles. The lowest BCUT2D eigenvalue weighted by Crippen LogP contribution is -2.40. The lowest BCUT2D eigenvalue weighted by molar-refractivity contribution is -0.115. The zero-order valence-electron chi connectivity index (χ0n) is 18.3. The lowest BCUT2D eigenvalue weighted by atomic mass is 9.91. The number of hydrogen-bond acceptors (Lipinski definition) is 6. The zero-order chi connectivity index (χ0) is 22.9. The fourth-order valence-electron chi connectivity index (χ4n) is 4.07. The molecule has 3 N–H and O–H groups in total. The number of ether oxygens (including phenoxy) is 2. The molecule has 0 spiro atoms. The number of allylic oxidation sites excluding steroid dienone is 3. The van der Waals surface area contributed by atoms with Crippen molar-refractivity contribution in [2.75, 3.05) is 0 Å². The van der Waals surface area contributed by atoms with Crippen molar-refractivity contribution in [2.45, 2.75) is 69.9 Å². The maximum atomic E-state index is 12.9. The molecule has 2 aliphatic rings. The highest BCUT2D eigenvalue weighted by molar-refractivity contribution is 5.94. The van der Waals surface area contributed by atoms with Crippen molar-refractivity contribution >= 4 is 11.9 Å². The fraction of sp³-hybridized carbons (Fsp3) is 0.440. The molecule has 0 unspecified atom stereocenters. The first-order valence-corrected chi connectivity index (χ1v) is 11.1. The predicted octanol–water partition coefficient (Wildman–Crippen LogP) is 3.31. The van der Waals surface area contributed by atoms with E-state index in [0.717, 1.165) is 6.42 Å². The Hall–Kier alpha value is -2.90. The molecule has 0 aromatic heterocycles. The Labute approximate surface area is 188 Å². The summed E-state index contributed by atoms with van der Waals surface area (Å²) in [6.45, 7) is 2.01. The van der Waals surface area contributed by atoms with Crippen LogP contribution < -0.4 is 5.32 Å². The first-order chi connectivity index (χ1) is 15.5. The van der Waals surface area contributed by atoms with Crippen LogP contribution in [0.25, 0.3) is 0 Å². The number of aromatic hydroxyl groups is 1. The molecule has 4 atom stereocenters. The van der Waals surface area contributed by atoms with Gasteiger partial charge in [-0.1, -0.05) is 43.4 Å². The number of amides is 1. The van der Waals surface area contributed by atoms with Gasteiger partial charge in [0.2, 0.25) is 5.91 Å². The van der Waals surface area contributed by atoms with Gasteiger partial charge in [0.05, 0.1) is 18.3 Å². The molecule has 0 aliphatic carbocycles. The number of aliphatic hydroxyl groups excluding tert-OH is 1. The van der Waals surface area contributed by atoms with Crippen molar-refractivity contribution in [2.24, 2.45) is 0 Å². The van der Waals surface area contributed by atoms with Crippen LogP contribution in [0, 0.1) is 0 Å². The second-order valence-corrected chi connectivity index (χ2v) is 8.13. The van der Waals surface area contributed by atoms with Gasteiger partial charge in [0.25, 0.3) is 0 Å². The summed E-state index contributed by atoms with van der Waals surface area (Å²) < 4.78 is 11.9. The van der Waals surface area contributed by atoms with E-state index in [9.17, 15) is 19.8 Å². The summed E-state index contributed by atoms with van der Waals surface area (Å²) in [7, 11) is 0. The number of cyclic esters (lactones) is 1.